The van der Waals surface area contributed by atoms with Crippen molar-refractivity contribution in [1.82, 2.24) is 5.32 Å². The van der Waals surface area contributed by atoms with Crippen LogP contribution in [0.1, 0.15) is 206 Å². The molecule has 282 valence electrons. The Kier molecular flexibility index (Phi) is 37.2. The van der Waals surface area contributed by atoms with Crippen LogP contribution in [-0.2, 0) is 4.79 Å². The molecule has 0 saturated carbocycles. The molecule has 4 N–H and O–H groups in total. The number of aliphatic hydroxyl groups excluding tert-OH is 3. The van der Waals surface area contributed by atoms with Gasteiger partial charge in [-0.1, -0.05) is 198 Å². The van der Waals surface area contributed by atoms with E-state index in [9.17, 15) is 20.1 Å². The molecule has 5 nitrogen and oxygen atoms in total. The van der Waals surface area contributed by atoms with Crippen LogP contribution < -0.4 is 5.32 Å². The highest BCUT2D eigenvalue weighted by Gasteiger charge is 2.22. The molecule has 0 bridgehead atoms. The van der Waals surface area contributed by atoms with Gasteiger partial charge in [0.1, 0.15) is 6.10 Å². The van der Waals surface area contributed by atoms with E-state index >= 15 is 0 Å². The number of carbonyl (C=O) groups excluding carboxylic acids is 1. The molecule has 0 aromatic rings. The smallest absolute Gasteiger partial charge is 0.249 e. The van der Waals surface area contributed by atoms with E-state index in [-0.39, 0.29) is 6.61 Å². The molecule has 3 atom stereocenters. The predicted octanol–water partition coefficient (Wildman–Crippen LogP) is 11.6. The van der Waals surface area contributed by atoms with Crippen LogP contribution in [0.2, 0.25) is 0 Å². The van der Waals surface area contributed by atoms with Gasteiger partial charge < -0.3 is 20.6 Å². The van der Waals surface area contributed by atoms with Gasteiger partial charge in [-0.25, -0.2) is 0 Å². The highest BCUT2D eigenvalue weighted by molar-refractivity contribution is 5.80. The van der Waals surface area contributed by atoms with Crippen LogP contribution in [0.3, 0.4) is 0 Å². The van der Waals surface area contributed by atoms with Crippen molar-refractivity contribution in [1.29, 1.82) is 0 Å². The van der Waals surface area contributed by atoms with Crippen LogP contribution in [0.15, 0.2) is 36.5 Å². The zero-order valence-corrected chi connectivity index (χ0v) is 31.9. The van der Waals surface area contributed by atoms with Crippen LogP contribution in [0.4, 0.5) is 0 Å². The Balaban J connectivity index is 3.77. The summed E-state index contributed by atoms with van der Waals surface area (Å²) >= 11 is 0. The van der Waals surface area contributed by atoms with Gasteiger partial charge in [0.2, 0.25) is 5.91 Å². The average molecular weight is 676 g/mol. The Morgan fingerprint density at radius 3 is 1.27 bits per heavy atom. The molecule has 48 heavy (non-hydrogen) atoms. The fourth-order valence-electron chi connectivity index (χ4n) is 6.16. The lowest BCUT2D eigenvalue weighted by molar-refractivity contribution is -0.131. The summed E-state index contributed by atoms with van der Waals surface area (Å²) in [4.78, 5) is 12.4. The van der Waals surface area contributed by atoms with E-state index in [0.717, 1.165) is 44.9 Å². The third kappa shape index (κ3) is 33.1. The Hall–Kier alpha value is -1.43. The Morgan fingerprint density at radius 1 is 0.500 bits per heavy atom. The minimum atomic E-state index is -1.10. The molecule has 1 amide bonds. The quantitative estimate of drug-likeness (QED) is 0.0390. The highest BCUT2D eigenvalue weighted by atomic mass is 16.3. The van der Waals surface area contributed by atoms with Gasteiger partial charge >= 0.3 is 0 Å². The molecule has 0 rings (SSSR count). The largest absolute Gasteiger partial charge is 0.394 e. The van der Waals surface area contributed by atoms with Crippen LogP contribution in [0, 0.1) is 0 Å². The molecule has 0 aliphatic carbocycles. The number of carbonyl (C=O) groups is 1. The number of hydrogen-bond acceptors (Lipinski definition) is 4. The van der Waals surface area contributed by atoms with Crippen LogP contribution in [0.5, 0.6) is 0 Å². The summed E-state index contributed by atoms with van der Waals surface area (Å²) in [5.41, 5.74) is 0. The average Bonchev–Trinajstić information content (AvgIpc) is 3.09. The van der Waals surface area contributed by atoms with Crippen LogP contribution in [-0.4, -0.2) is 46.1 Å². The van der Waals surface area contributed by atoms with Gasteiger partial charge in [0, 0.05) is 0 Å². The van der Waals surface area contributed by atoms with Crippen molar-refractivity contribution in [3.63, 3.8) is 0 Å². The van der Waals surface area contributed by atoms with E-state index < -0.39 is 24.2 Å². The van der Waals surface area contributed by atoms with Gasteiger partial charge in [0.25, 0.3) is 0 Å². The Bertz CT molecular complexity index is 749. The summed E-state index contributed by atoms with van der Waals surface area (Å²) in [7, 11) is 0. The first-order valence-corrected chi connectivity index (χ1v) is 20.8. The van der Waals surface area contributed by atoms with Crippen molar-refractivity contribution in [2.45, 2.75) is 225 Å². The maximum absolute atomic E-state index is 12.4. The fraction of sp³-hybridized carbons (Fsp3) is 0.837. The molecule has 0 aromatic heterocycles. The summed E-state index contributed by atoms with van der Waals surface area (Å²) in [5.74, 6) is -0.516. The first kappa shape index (κ1) is 46.6. The van der Waals surface area contributed by atoms with E-state index in [1.807, 2.05) is 6.08 Å². The Labute approximate surface area is 298 Å². The second-order valence-electron chi connectivity index (χ2n) is 14.2. The number of amides is 1. The van der Waals surface area contributed by atoms with Gasteiger partial charge in [-0.3, -0.25) is 4.79 Å². The van der Waals surface area contributed by atoms with Crippen molar-refractivity contribution >= 4 is 5.91 Å². The first-order valence-electron chi connectivity index (χ1n) is 20.8. The maximum Gasteiger partial charge on any atom is 0.249 e. The van der Waals surface area contributed by atoms with Gasteiger partial charge in [-0.15, -0.1) is 0 Å². The number of rotatable bonds is 37. The lowest BCUT2D eigenvalue weighted by atomic mass is 10.0. The molecule has 0 aliphatic heterocycles. The maximum atomic E-state index is 12.4. The van der Waals surface area contributed by atoms with Gasteiger partial charge in [-0.05, 0) is 44.9 Å². The SMILES string of the molecule is CCCCCCCCCC/C=C/CC/C=C/CC/C=C/C(O)C(CO)NC(=O)C(O)CCCCCCCCCCCCCCCCCC. The zero-order valence-electron chi connectivity index (χ0n) is 31.9. The van der Waals surface area contributed by atoms with E-state index in [1.54, 1.807) is 6.08 Å². The number of allylic oxidation sites excluding steroid dienone is 5. The monoisotopic (exact) mass is 676 g/mol. The lowest BCUT2D eigenvalue weighted by Gasteiger charge is -2.21. The topological polar surface area (TPSA) is 89.8 Å². The summed E-state index contributed by atoms with van der Waals surface area (Å²) < 4.78 is 0. The summed E-state index contributed by atoms with van der Waals surface area (Å²) in [5, 5.41) is 33.0. The molecular weight excluding hydrogens is 594 g/mol. The molecular formula is C43H81NO4. The third-order valence-corrected chi connectivity index (χ3v) is 9.46. The second kappa shape index (κ2) is 38.4. The molecule has 0 spiro atoms. The first-order chi connectivity index (χ1) is 23.6. The molecule has 3 unspecified atom stereocenters. The van der Waals surface area contributed by atoms with Gasteiger partial charge in [0.15, 0.2) is 0 Å². The molecule has 0 radical (unpaired) electrons. The van der Waals surface area contributed by atoms with Crippen molar-refractivity contribution in [3.05, 3.63) is 36.5 Å². The molecule has 0 fully saturated rings. The minimum Gasteiger partial charge on any atom is -0.394 e. The molecule has 0 aliphatic rings. The lowest BCUT2D eigenvalue weighted by Crippen LogP contribution is -2.48. The summed E-state index contributed by atoms with van der Waals surface area (Å²) in [6.07, 6.45) is 47.4. The van der Waals surface area contributed by atoms with Gasteiger partial charge in [0.05, 0.1) is 18.8 Å². The predicted molar refractivity (Wildman–Crippen MR) is 208 cm³/mol. The second-order valence-corrected chi connectivity index (χ2v) is 14.2. The van der Waals surface area contributed by atoms with Crippen LogP contribution in [0.25, 0.3) is 0 Å². The summed E-state index contributed by atoms with van der Waals surface area (Å²) in [6, 6.07) is -0.817. The van der Waals surface area contributed by atoms with Crippen molar-refractivity contribution < 1.29 is 20.1 Å². The molecule has 0 heterocycles. The molecule has 5 heteroatoms. The number of unbranched alkanes of at least 4 members (excludes halogenated alkanes) is 25. The fourth-order valence-corrected chi connectivity index (χ4v) is 6.16. The van der Waals surface area contributed by atoms with Crippen molar-refractivity contribution in [3.8, 4) is 0 Å². The molecule has 0 saturated heterocycles. The normalized spacial score (nSPS) is 14.0. The van der Waals surface area contributed by atoms with E-state index in [4.69, 9.17) is 0 Å². The van der Waals surface area contributed by atoms with E-state index in [2.05, 4.69) is 43.5 Å². The third-order valence-electron chi connectivity index (χ3n) is 9.46. The number of aliphatic hydroxyl groups is 3. The van der Waals surface area contributed by atoms with Crippen molar-refractivity contribution in [2.24, 2.45) is 0 Å². The van der Waals surface area contributed by atoms with Gasteiger partial charge in [-0.2, -0.15) is 0 Å². The molecule has 0 aromatic carbocycles. The number of nitrogens with one attached hydrogen (secondary N) is 1. The summed E-state index contributed by atoms with van der Waals surface area (Å²) in [6.45, 7) is 4.16. The van der Waals surface area contributed by atoms with Crippen LogP contribution >= 0.6 is 0 Å². The minimum absolute atomic E-state index is 0.379. The zero-order chi connectivity index (χ0) is 35.2. The van der Waals surface area contributed by atoms with Crippen molar-refractivity contribution in [2.75, 3.05) is 6.61 Å². The standard InChI is InChI=1S/C43H81NO4/c1-3-5-7-9-11-13-15-17-19-21-22-24-25-27-29-31-33-35-37-41(46)40(39-45)44-43(48)42(47)38-36-34-32-30-28-26-23-20-18-16-14-12-10-8-6-4-2/h21-22,27,29,35,37,40-42,45-47H,3-20,23-26,28,30-34,36,38-39H2,1-2H3,(H,44,48)/b22-21+,29-27+,37-35+. The highest BCUT2D eigenvalue weighted by Crippen LogP contribution is 2.15. The van der Waals surface area contributed by atoms with E-state index in [1.165, 1.54) is 141 Å². The number of hydrogen-bond donors (Lipinski definition) is 4. The van der Waals surface area contributed by atoms with E-state index in [0.29, 0.717) is 6.42 Å². The Morgan fingerprint density at radius 2 is 0.854 bits per heavy atom.